The van der Waals surface area contributed by atoms with Crippen molar-refractivity contribution >= 4 is 33.3 Å². The zero-order valence-electron chi connectivity index (χ0n) is 14.0. The van der Waals surface area contributed by atoms with Gasteiger partial charge in [-0.05, 0) is 25.3 Å². The second kappa shape index (κ2) is 6.83. The summed E-state index contributed by atoms with van der Waals surface area (Å²) in [5, 5.41) is 4.69. The average Bonchev–Trinajstić information content (AvgIpc) is 2.99. The predicted molar refractivity (Wildman–Crippen MR) is 94.9 cm³/mol. The van der Waals surface area contributed by atoms with E-state index in [1.54, 1.807) is 17.7 Å². The van der Waals surface area contributed by atoms with Gasteiger partial charge in [0.15, 0.2) is 0 Å². The van der Waals surface area contributed by atoms with Gasteiger partial charge in [0, 0.05) is 29.9 Å². The number of carbonyl (C=O) groups excluding carboxylic acids is 1. The SMILES string of the molecule is CCc1cc2c(NC3CCN(C(=O)C(C)C)CC3)ncnc2s1. The molecule has 1 fully saturated rings. The number of thiophene rings is 1. The van der Waals surface area contributed by atoms with E-state index >= 15 is 0 Å². The van der Waals surface area contributed by atoms with E-state index in [9.17, 15) is 4.79 Å². The molecule has 6 heteroatoms. The Bertz CT molecular complexity index is 689. The van der Waals surface area contributed by atoms with Gasteiger partial charge in [0.1, 0.15) is 17.0 Å². The maximum absolute atomic E-state index is 12.1. The minimum atomic E-state index is 0.0827. The van der Waals surface area contributed by atoms with Crippen molar-refractivity contribution in [2.75, 3.05) is 18.4 Å². The van der Waals surface area contributed by atoms with Gasteiger partial charge in [-0.25, -0.2) is 9.97 Å². The minimum Gasteiger partial charge on any atom is -0.367 e. The molecule has 1 saturated heterocycles. The quantitative estimate of drug-likeness (QED) is 0.933. The van der Waals surface area contributed by atoms with Crippen LogP contribution in [0.1, 0.15) is 38.5 Å². The molecule has 1 amide bonds. The Morgan fingerprint density at radius 3 is 2.78 bits per heavy atom. The monoisotopic (exact) mass is 332 g/mol. The number of aromatic nitrogens is 2. The summed E-state index contributed by atoms with van der Waals surface area (Å²) < 4.78 is 0. The average molecular weight is 332 g/mol. The summed E-state index contributed by atoms with van der Waals surface area (Å²) in [5.41, 5.74) is 0. The van der Waals surface area contributed by atoms with Crippen LogP contribution >= 0.6 is 11.3 Å². The molecule has 1 aliphatic rings. The van der Waals surface area contributed by atoms with Crippen molar-refractivity contribution in [1.29, 1.82) is 0 Å². The molecule has 0 saturated carbocycles. The van der Waals surface area contributed by atoms with E-state index in [0.717, 1.165) is 48.4 Å². The van der Waals surface area contributed by atoms with Crippen LogP contribution in [0.15, 0.2) is 12.4 Å². The van der Waals surface area contributed by atoms with Gasteiger partial charge >= 0.3 is 0 Å². The Hall–Kier alpha value is -1.69. The van der Waals surface area contributed by atoms with Gasteiger partial charge in [-0.15, -0.1) is 11.3 Å². The van der Waals surface area contributed by atoms with Crippen molar-refractivity contribution in [3.63, 3.8) is 0 Å². The van der Waals surface area contributed by atoms with E-state index in [1.165, 1.54) is 4.88 Å². The van der Waals surface area contributed by atoms with E-state index in [-0.39, 0.29) is 11.8 Å². The van der Waals surface area contributed by atoms with Crippen molar-refractivity contribution in [3.8, 4) is 0 Å². The van der Waals surface area contributed by atoms with Gasteiger partial charge in [0.25, 0.3) is 0 Å². The minimum absolute atomic E-state index is 0.0827. The number of aryl methyl sites for hydroxylation is 1. The predicted octanol–water partition coefficient (Wildman–Crippen LogP) is 3.31. The van der Waals surface area contributed by atoms with Crippen LogP contribution in [0.3, 0.4) is 0 Å². The summed E-state index contributed by atoms with van der Waals surface area (Å²) in [6, 6.07) is 2.56. The number of fused-ring (bicyclic) bond motifs is 1. The summed E-state index contributed by atoms with van der Waals surface area (Å²) in [4.78, 5) is 25.2. The van der Waals surface area contributed by atoms with Gasteiger partial charge in [-0.3, -0.25) is 4.79 Å². The first-order valence-corrected chi connectivity index (χ1v) is 9.19. The lowest BCUT2D eigenvalue weighted by atomic mass is 10.0. The Kier molecular flexibility index (Phi) is 4.80. The number of hydrogen-bond donors (Lipinski definition) is 1. The van der Waals surface area contributed by atoms with Crippen molar-refractivity contribution in [2.45, 2.75) is 46.1 Å². The Balaban J connectivity index is 1.67. The zero-order chi connectivity index (χ0) is 16.4. The molecule has 0 atom stereocenters. The molecule has 0 unspecified atom stereocenters. The largest absolute Gasteiger partial charge is 0.367 e. The van der Waals surface area contributed by atoms with Crippen LogP contribution in [0.25, 0.3) is 10.2 Å². The maximum Gasteiger partial charge on any atom is 0.225 e. The van der Waals surface area contributed by atoms with Gasteiger partial charge in [-0.1, -0.05) is 20.8 Å². The molecular weight excluding hydrogens is 308 g/mol. The third kappa shape index (κ3) is 3.47. The van der Waals surface area contributed by atoms with Crippen LogP contribution in [0.5, 0.6) is 0 Å². The molecule has 1 aliphatic heterocycles. The molecule has 0 aliphatic carbocycles. The van der Waals surface area contributed by atoms with E-state index < -0.39 is 0 Å². The summed E-state index contributed by atoms with van der Waals surface area (Å²) in [7, 11) is 0. The van der Waals surface area contributed by atoms with E-state index in [1.807, 2.05) is 18.7 Å². The molecule has 124 valence electrons. The number of carbonyl (C=O) groups is 1. The van der Waals surface area contributed by atoms with Crippen LogP contribution < -0.4 is 5.32 Å². The first kappa shape index (κ1) is 16.2. The number of nitrogens with one attached hydrogen (secondary N) is 1. The van der Waals surface area contributed by atoms with Gasteiger partial charge in [-0.2, -0.15) is 0 Å². The number of rotatable bonds is 4. The van der Waals surface area contributed by atoms with Gasteiger partial charge in [0.2, 0.25) is 5.91 Å². The first-order chi connectivity index (χ1) is 11.1. The highest BCUT2D eigenvalue weighted by Crippen LogP contribution is 2.29. The standard InChI is InChI=1S/C17H24N4OS/c1-4-13-9-14-15(18-10-19-16(14)23-13)20-12-5-7-21(8-6-12)17(22)11(2)3/h9-12H,4-8H2,1-3H3,(H,18,19,20). The van der Waals surface area contributed by atoms with Gasteiger partial charge < -0.3 is 10.2 Å². The highest BCUT2D eigenvalue weighted by Gasteiger charge is 2.24. The lowest BCUT2D eigenvalue weighted by Gasteiger charge is -2.33. The highest BCUT2D eigenvalue weighted by molar-refractivity contribution is 7.18. The van der Waals surface area contributed by atoms with Crippen molar-refractivity contribution in [3.05, 3.63) is 17.3 Å². The molecule has 2 aromatic rings. The lowest BCUT2D eigenvalue weighted by Crippen LogP contribution is -2.44. The molecule has 3 heterocycles. The third-order valence-electron chi connectivity index (χ3n) is 4.37. The molecule has 0 bridgehead atoms. The molecule has 0 radical (unpaired) electrons. The molecule has 0 spiro atoms. The van der Waals surface area contributed by atoms with Crippen LogP contribution in [0, 0.1) is 5.92 Å². The number of piperidine rings is 1. The molecular formula is C17H24N4OS. The van der Waals surface area contributed by atoms with Crippen LogP contribution in [-0.2, 0) is 11.2 Å². The smallest absolute Gasteiger partial charge is 0.225 e. The maximum atomic E-state index is 12.1. The number of anilines is 1. The fraction of sp³-hybridized carbons (Fsp3) is 0.588. The van der Waals surface area contributed by atoms with E-state index in [2.05, 4.69) is 28.3 Å². The van der Waals surface area contributed by atoms with Crippen LogP contribution in [0.4, 0.5) is 5.82 Å². The first-order valence-electron chi connectivity index (χ1n) is 8.37. The Labute approximate surface area is 141 Å². The summed E-state index contributed by atoms with van der Waals surface area (Å²) in [6.07, 6.45) is 4.59. The molecule has 2 aromatic heterocycles. The van der Waals surface area contributed by atoms with Crippen molar-refractivity contribution < 1.29 is 4.79 Å². The number of nitrogens with zero attached hydrogens (tertiary/aromatic N) is 3. The normalized spacial score (nSPS) is 16.3. The molecule has 5 nitrogen and oxygen atoms in total. The number of hydrogen-bond acceptors (Lipinski definition) is 5. The van der Waals surface area contributed by atoms with E-state index in [4.69, 9.17) is 0 Å². The fourth-order valence-electron chi connectivity index (χ4n) is 3.00. The third-order valence-corrected chi connectivity index (χ3v) is 5.56. The fourth-order valence-corrected chi connectivity index (χ4v) is 3.93. The Morgan fingerprint density at radius 1 is 1.39 bits per heavy atom. The highest BCUT2D eigenvalue weighted by atomic mass is 32.1. The molecule has 23 heavy (non-hydrogen) atoms. The second-order valence-corrected chi connectivity index (χ2v) is 7.52. The molecule has 0 aromatic carbocycles. The van der Waals surface area contributed by atoms with E-state index in [0.29, 0.717) is 6.04 Å². The molecule has 3 rings (SSSR count). The van der Waals surface area contributed by atoms with Crippen molar-refractivity contribution in [1.82, 2.24) is 14.9 Å². The summed E-state index contributed by atoms with van der Waals surface area (Å²) in [5.74, 6) is 1.28. The topological polar surface area (TPSA) is 58.1 Å². The number of amides is 1. The zero-order valence-corrected chi connectivity index (χ0v) is 14.8. The lowest BCUT2D eigenvalue weighted by molar-refractivity contribution is -0.135. The second-order valence-electron chi connectivity index (χ2n) is 6.41. The number of likely N-dealkylation sites (tertiary alicyclic amines) is 1. The van der Waals surface area contributed by atoms with Gasteiger partial charge in [0.05, 0.1) is 5.39 Å². The Morgan fingerprint density at radius 2 is 2.13 bits per heavy atom. The van der Waals surface area contributed by atoms with Crippen molar-refractivity contribution in [2.24, 2.45) is 5.92 Å². The summed E-state index contributed by atoms with van der Waals surface area (Å²) in [6.45, 7) is 7.74. The van der Waals surface area contributed by atoms with Crippen LogP contribution in [0.2, 0.25) is 0 Å². The molecule has 1 N–H and O–H groups in total. The van der Waals surface area contributed by atoms with Crippen LogP contribution in [-0.4, -0.2) is 39.9 Å². The summed E-state index contributed by atoms with van der Waals surface area (Å²) >= 11 is 1.74.